The maximum Gasteiger partial charge on any atom is 0.311 e. The van der Waals surface area contributed by atoms with Gasteiger partial charge in [0.15, 0.2) is 0 Å². The fourth-order valence-corrected chi connectivity index (χ4v) is 1.30. The second-order valence-corrected chi connectivity index (χ2v) is 3.83. The van der Waals surface area contributed by atoms with Crippen LogP contribution in [0.5, 0.6) is 0 Å². The van der Waals surface area contributed by atoms with Crippen molar-refractivity contribution >= 4 is 33.5 Å². The molecule has 0 aliphatic carbocycles. The number of aromatic nitrogens is 1. The average Bonchev–Trinajstić information content (AvgIpc) is 2.12. The van der Waals surface area contributed by atoms with Crippen molar-refractivity contribution in [3.63, 3.8) is 0 Å². The minimum atomic E-state index is -0.293. The number of pyridine rings is 1. The van der Waals surface area contributed by atoms with Crippen molar-refractivity contribution in [2.75, 3.05) is 6.61 Å². The number of halogens is 2. The zero-order chi connectivity index (χ0) is 10.6. The van der Waals surface area contributed by atoms with Crippen LogP contribution in [0.3, 0.4) is 0 Å². The fraction of sp³-hybridized carbons (Fsp3) is 0.333. The smallest absolute Gasteiger partial charge is 0.311 e. The van der Waals surface area contributed by atoms with Gasteiger partial charge in [0.25, 0.3) is 0 Å². The maximum absolute atomic E-state index is 11.1. The lowest BCUT2D eigenvalue weighted by Gasteiger charge is -2.02. The second-order valence-electron chi connectivity index (χ2n) is 2.57. The lowest BCUT2D eigenvalue weighted by atomic mass is 10.3. The van der Waals surface area contributed by atoms with Crippen LogP contribution in [0.2, 0.25) is 5.02 Å². The Hall–Kier alpha value is -0.610. The highest BCUT2D eigenvalue weighted by molar-refractivity contribution is 9.10. The van der Waals surface area contributed by atoms with Crippen LogP contribution >= 0.6 is 27.5 Å². The van der Waals surface area contributed by atoms with Crippen LogP contribution in [0.4, 0.5) is 0 Å². The molecular formula is C9H9BrClNO2. The van der Waals surface area contributed by atoms with Crippen LogP contribution in [0, 0.1) is 0 Å². The number of hydrogen-bond acceptors (Lipinski definition) is 3. The molecule has 0 fully saturated rings. The van der Waals surface area contributed by atoms with Crippen LogP contribution in [0.1, 0.15) is 12.6 Å². The minimum Gasteiger partial charge on any atom is -0.466 e. The summed E-state index contributed by atoms with van der Waals surface area (Å²) in [7, 11) is 0. The number of esters is 1. The molecular weight excluding hydrogens is 269 g/mol. The van der Waals surface area contributed by atoms with Gasteiger partial charge in [-0.2, -0.15) is 0 Å². The molecule has 1 aromatic heterocycles. The lowest BCUT2D eigenvalue weighted by Crippen LogP contribution is -2.08. The van der Waals surface area contributed by atoms with Crippen molar-refractivity contribution in [3.05, 3.63) is 27.5 Å². The van der Waals surface area contributed by atoms with Gasteiger partial charge in [-0.3, -0.25) is 9.78 Å². The summed E-state index contributed by atoms with van der Waals surface area (Å²) in [5.74, 6) is -0.293. The van der Waals surface area contributed by atoms with Gasteiger partial charge < -0.3 is 4.74 Å². The van der Waals surface area contributed by atoms with Gasteiger partial charge in [-0.25, -0.2) is 0 Å². The predicted octanol–water partition coefficient (Wildman–Crippen LogP) is 2.60. The number of carbonyl (C=O) groups excluding carboxylic acids is 1. The molecule has 5 heteroatoms. The monoisotopic (exact) mass is 277 g/mol. The van der Waals surface area contributed by atoms with E-state index in [9.17, 15) is 4.79 Å². The Morgan fingerprint density at radius 1 is 1.71 bits per heavy atom. The van der Waals surface area contributed by atoms with Crippen molar-refractivity contribution in [2.24, 2.45) is 0 Å². The molecule has 0 bridgehead atoms. The van der Waals surface area contributed by atoms with Gasteiger partial charge in [0.05, 0.1) is 28.2 Å². The Morgan fingerprint density at radius 2 is 2.43 bits per heavy atom. The molecule has 0 amide bonds. The van der Waals surface area contributed by atoms with Crippen molar-refractivity contribution in [1.82, 2.24) is 4.98 Å². The molecule has 1 rings (SSSR count). The van der Waals surface area contributed by atoms with E-state index in [1.165, 1.54) is 0 Å². The Labute approximate surface area is 95.6 Å². The molecule has 0 aliphatic rings. The van der Waals surface area contributed by atoms with Crippen molar-refractivity contribution < 1.29 is 9.53 Å². The predicted molar refractivity (Wildman–Crippen MR) is 57.3 cm³/mol. The number of hydrogen-bond donors (Lipinski definition) is 0. The molecule has 0 spiro atoms. The molecule has 0 aliphatic heterocycles. The van der Waals surface area contributed by atoms with E-state index in [2.05, 4.69) is 20.9 Å². The standard InChI is InChI=1S/C9H9BrClNO2/c1-2-14-9(13)4-6-3-8(11)7(10)5-12-6/h3,5H,2,4H2,1H3. The molecule has 3 nitrogen and oxygen atoms in total. The average molecular weight is 279 g/mol. The molecule has 0 saturated carbocycles. The molecule has 0 aromatic carbocycles. The third-order valence-corrected chi connectivity index (χ3v) is 2.67. The Bertz CT molecular complexity index is 344. The van der Waals surface area contributed by atoms with E-state index in [0.29, 0.717) is 21.8 Å². The quantitative estimate of drug-likeness (QED) is 0.798. The first kappa shape index (κ1) is 11.5. The topological polar surface area (TPSA) is 39.2 Å². The highest BCUT2D eigenvalue weighted by atomic mass is 79.9. The fourth-order valence-electron chi connectivity index (χ4n) is 0.910. The first-order valence-electron chi connectivity index (χ1n) is 4.09. The van der Waals surface area contributed by atoms with E-state index < -0.39 is 0 Å². The summed E-state index contributed by atoms with van der Waals surface area (Å²) in [6.45, 7) is 2.14. The van der Waals surface area contributed by atoms with Crippen molar-refractivity contribution in [3.8, 4) is 0 Å². The highest BCUT2D eigenvalue weighted by Gasteiger charge is 2.06. The summed E-state index contributed by atoms with van der Waals surface area (Å²) in [4.78, 5) is 15.1. The molecule has 0 atom stereocenters. The summed E-state index contributed by atoms with van der Waals surface area (Å²) in [5, 5.41) is 0.541. The Balaban J connectivity index is 2.68. The molecule has 0 unspecified atom stereocenters. The number of ether oxygens (including phenoxy) is 1. The summed E-state index contributed by atoms with van der Waals surface area (Å²) in [6.07, 6.45) is 1.72. The molecule has 1 aromatic rings. The normalized spacial score (nSPS) is 9.93. The number of nitrogens with zero attached hydrogens (tertiary/aromatic N) is 1. The van der Waals surface area contributed by atoms with E-state index in [-0.39, 0.29) is 12.4 Å². The van der Waals surface area contributed by atoms with E-state index in [1.807, 2.05) is 0 Å². The molecule has 0 radical (unpaired) electrons. The first-order valence-corrected chi connectivity index (χ1v) is 5.26. The van der Waals surface area contributed by atoms with Gasteiger partial charge in [0.2, 0.25) is 0 Å². The van der Waals surface area contributed by atoms with Crippen LogP contribution in [-0.4, -0.2) is 17.6 Å². The largest absolute Gasteiger partial charge is 0.466 e. The summed E-state index contributed by atoms with van der Waals surface area (Å²) in [6, 6.07) is 1.64. The summed E-state index contributed by atoms with van der Waals surface area (Å²) >= 11 is 9.05. The second kappa shape index (κ2) is 5.32. The number of carbonyl (C=O) groups is 1. The van der Waals surface area contributed by atoms with E-state index in [0.717, 1.165) is 0 Å². The van der Waals surface area contributed by atoms with Crippen molar-refractivity contribution in [1.29, 1.82) is 0 Å². The SMILES string of the molecule is CCOC(=O)Cc1cc(Cl)c(Br)cn1. The molecule has 1 heterocycles. The zero-order valence-electron chi connectivity index (χ0n) is 7.59. The molecule has 0 N–H and O–H groups in total. The van der Waals surface area contributed by atoms with Crippen LogP contribution in [0.15, 0.2) is 16.7 Å². The molecule has 0 saturated heterocycles. The van der Waals surface area contributed by atoms with Gasteiger partial charge in [-0.1, -0.05) is 11.6 Å². The minimum absolute atomic E-state index is 0.154. The molecule has 14 heavy (non-hydrogen) atoms. The van der Waals surface area contributed by atoms with Gasteiger partial charge in [0, 0.05) is 6.20 Å². The van der Waals surface area contributed by atoms with Gasteiger partial charge in [-0.15, -0.1) is 0 Å². The Morgan fingerprint density at radius 3 is 3.00 bits per heavy atom. The summed E-state index contributed by atoms with van der Waals surface area (Å²) in [5.41, 5.74) is 0.608. The van der Waals surface area contributed by atoms with E-state index >= 15 is 0 Å². The molecule has 76 valence electrons. The van der Waals surface area contributed by atoms with Crippen LogP contribution in [0.25, 0.3) is 0 Å². The van der Waals surface area contributed by atoms with Gasteiger partial charge in [0.1, 0.15) is 0 Å². The highest BCUT2D eigenvalue weighted by Crippen LogP contribution is 2.21. The summed E-state index contributed by atoms with van der Waals surface area (Å²) < 4.78 is 5.50. The first-order chi connectivity index (χ1) is 6.63. The Kier molecular flexibility index (Phi) is 4.35. The van der Waals surface area contributed by atoms with Gasteiger partial charge >= 0.3 is 5.97 Å². The van der Waals surface area contributed by atoms with E-state index in [4.69, 9.17) is 16.3 Å². The zero-order valence-corrected chi connectivity index (χ0v) is 9.93. The third-order valence-electron chi connectivity index (χ3n) is 1.50. The van der Waals surface area contributed by atoms with Gasteiger partial charge in [-0.05, 0) is 28.9 Å². The third kappa shape index (κ3) is 3.27. The van der Waals surface area contributed by atoms with Crippen LogP contribution < -0.4 is 0 Å². The number of rotatable bonds is 3. The maximum atomic E-state index is 11.1. The van der Waals surface area contributed by atoms with Crippen molar-refractivity contribution in [2.45, 2.75) is 13.3 Å². The lowest BCUT2D eigenvalue weighted by molar-refractivity contribution is -0.142. The van der Waals surface area contributed by atoms with Crippen LogP contribution in [-0.2, 0) is 16.0 Å². The van der Waals surface area contributed by atoms with E-state index in [1.54, 1.807) is 19.2 Å².